The Hall–Kier alpha value is -3.71. The van der Waals surface area contributed by atoms with Crippen LogP contribution in [-0.4, -0.2) is 39.5 Å². The standard InChI is InChI=1S/C27H24N4O2S/c1-18(25(32)28-17-16-19-10-4-2-5-11-19)34-27-29-22-15-9-8-14-21(22)24-30-23(26(33)31(24)27)20-12-6-3-7-13-20/h2-15,18,23H,16-17H2,1H3,(H,28,32)/t18-,23+/m0/s1. The molecule has 3 aromatic carbocycles. The summed E-state index contributed by atoms with van der Waals surface area (Å²) in [4.78, 5) is 37.3. The van der Waals surface area contributed by atoms with Crippen LogP contribution in [0.2, 0.25) is 0 Å². The predicted octanol–water partition coefficient (Wildman–Crippen LogP) is 4.50. The molecule has 3 aromatic rings. The Morgan fingerprint density at radius 3 is 2.44 bits per heavy atom. The minimum atomic E-state index is -0.622. The van der Waals surface area contributed by atoms with Crippen molar-refractivity contribution in [3.63, 3.8) is 0 Å². The largest absolute Gasteiger partial charge is 0.355 e. The average molecular weight is 469 g/mol. The zero-order valence-electron chi connectivity index (χ0n) is 18.7. The third-order valence-electron chi connectivity index (χ3n) is 5.79. The Balaban J connectivity index is 1.34. The van der Waals surface area contributed by atoms with Gasteiger partial charge in [0.1, 0.15) is 5.84 Å². The number of para-hydroxylation sites is 1. The molecule has 0 aliphatic carbocycles. The summed E-state index contributed by atoms with van der Waals surface area (Å²) >= 11 is 1.28. The molecular weight excluding hydrogens is 444 g/mol. The molecule has 0 aromatic heterocycles. The molecule has 6 nitrogen and oxygen atoms in total. The van der Waals surface area contributed by atoms with E-state index in [2.05, 4.69) is 5.32 Å². The minimum Gasteiger partial charge on any atom is -0.355 e. The van der Waals surface area contributed by atoms with Gasteiger partial charge in [0.05, 0.1) is 10.9 Å². The normalized spacial score (nSPS) is 17.4. The van der Waals surface area contributed by atoms with Gasteiger partial charge in [0.15, 0.2) is 11.2 Å². The first-order valence-corrected chi connectivity index (χ1v) is 12.1. The van der Waals surface area contributed by atoms with Gasteiger partial charge in [0.2, 0.25) is 5.91 Å². The zero-order valence-corrected chi connectivity index (χ0v) is 19.5. The quantitative estimate of drug-likeness (QED) is 0.579. The second kappa shape index (κ2) is 9.65. The summed E-state index contributed by atoms with van der Waals surface area (Å²) in [7, 11) is 0. The number of benzene rings is 3. The number of hydrogen-bond acceptors (Lipinski definition) is 5. The van der Waals surface area contributed by atoms with Crippen LogP contribution in [0.15, 0.2) is 94.9 Å². The van der Waals surface area contributed by atoms with Crippen molar-refractivity contribution in [1.29, 1.82) is 0 Å². The van der Waals surface area contributed by atoms with Gasteiger partial charge < -0.3 is 5.32 Å². The van der Waals surface area contributed by atoms with Gasteiger partial charge in [-0.2, -0.15) is 0 Å². The number of rotatable bonds is 6. The highest BCUT2D eigenvalue weighted by Gasteiger charge is 2.42. The highest BCUT2D eigenvalue weighted by Crippen LogP contribution is 2.38. The van der Waals surface area contributed by atoms with Crippen molar-refractivity contribution in [3.8, 4) is 0 Å². The van der Waals surface area contributed by atoms with E-state index < -0.39 is 11.3 Å². The maximum Gasteiger partial charge on any atom is 0.263 e. The Morgan fingerprint density at radius 2 is 1.68 bits per heavy atom. The summed E-state index contributed by atoms with van der Waals surface area (Å²) in [5.41, 5.74) is 3.58. The molecule has 1 N–H and O–H groups in total. The van der Waals surface area contributed by atoms with Crippen molar-refractivity contribution in [2.75, 3.05) is 6.54 Å². The summed E-state index contributed by atoms with van der Waals surface area (Å²) < 4.78 is 0. The summed E-state index contributed by atoms with van der Waals surface area (Å²) in [6.07, 6.45) is 0.762. The Labute approximate surface area is 202 Å². The van der Waals surface area contributed by atoms with Crippen molar-refractivity contribution >= 4 is 40.3 Å². The molecule has 5 rings (SSSR count). The van der Waals surface area contributed by atoms with Crippen molar-refractivity contribution in [2.24, 2.45) is 9.98 Å². The first-order chi connectivity index (χ1) is 16.6. The number of hydrogen-bond donors (Lipinski definition) is 1. The van der Waals surface area contributed by atoms with Gasteiger partial charge in [-0.05, 0) is 36.6 Å². The van der Waals surface area contributed by atoms with Crippen LogP contribution in [0, 0.1) is 0 Å². The van der Waals surface area contributed by atoms with Gasteiger partial charge in [0.25, 0.3) is 5.91 Å². The van der Waals surface area contributed by atoms with E-state index in [1.807, 2.05) is 91.9 Å². The fraction of sp³-hybridized carbons (Fsp3) is 0.185. The number of thioether (sulfide) groups is 1. The molecule has 34 heavy (non-hydrogen) atoms. The van der Waals surface area contributed by atoms with Crippen molar-refractivity contribution < 1.29 is 9.59 Å². The molecular formula is C27H24N4O2S. The van der Waals surface area contributed by atoms with Crippen LogP contribution in [0.5, 0.6) is 0 Å². The van der Waals surface area contributed by atoms with E-state index in [0.717, 1.165) is 23.2 Å². The van der Waals surface area contributed by atoms with E-state index in [1.54, 1.807) is 4.90 Å². The van der Waals surface area contributed by atoms with Gasteiger partial charge in [-0.1, -0.05) is 84.6 Å². The highest BCUT2D eigenvalue weighted by molar-refractivity contribution is 8.15. The molecule has 0 spiro atoms. The van der Waals surface area contributed by atoms with E-state index in [4.69, 9.17) is 9.98 Å². The van der Waals surface area contributed by atoms with Crippen LogP contribution >= 0.6 is 11.8 Å². The maximum atomic E-state index is 13.5. The van der Waals surface area contributed by atoms with E-state index in [9.17, 15) is 9.59 Å². The number of nitrogens with one attached hydrogen (secondary N) is 1. The molecule has 2 aliphatic rings. The number of aliphatic imine (C=N–C) groups is 2. The summed E-state index contributed by atoms with van der Waals surface area (Å²) in [6, 6.07) is 26.6. The molecule has 2 aliphatic heterocycles. The molecule has 2 heterocycles. The Bertz CT molecular complexity index is 1270. The smallest absolute Gasteiger partial charge is 0.263 e. The van der Waals surface area contributed by atoms with Gasteiger partial charge in [-0.15, -0.1) is 0 Å². The number of carbonyl (C=O) groups is 2. The maximum absolute atomic E-state index is 13.5. The summed E-state index contributed by atoms with van der Waals surface area (Å²) in [5, 5.41) is 3.05. The fourth-order valence-corrected chi connectivity index (χ4v) is 4.95. The monoisotopic (exact) mass is 468 g/mol. The molecule has 170 valence electrons. The van der Waals surface area contributed by atoms with Crippen LogP contribution in [0.1, 0.15) is 29.7 Å². The van der Waals surface area contributed by atoms with Gasteiger partial charge >= 0.3 is 0 Å². The SMILES string of the molecule is C[C@H](SC1=Nc2ccccc2C2=N[C@H](c3ccccc3)C(=O)N12)C(=O)NCCc1ccccc1. The fourth-order valence-electron chi connectivity index (χ4n) is 4.01. The molecule has 0 saturated heterocycles. The van der Waals surface area contributed by atoms with Crippen LogP contribution in [-0.2, 0) is 16.0 Å². The second-order valence-corrected chi connectivity index (χ2v) is 9.45. The molecule has 7 heteroatoms. The molecule has 2 atom stereocenters. The van der Waals surface area contributed by atoms with Gasteiger partial charge in [-0.3, -0.25) is 9.59 Å². The second-order valence-electron chi connectivity index (χ2n) is 8.14. The molecule has 0 radical (unpaired) electrons. The van der Waals surface area contributed by atoms with E-state index in [-0.39, 0.29) is 11.8 Å². The van der Waals surface area contributed by atoms with Crippen molar-refractivity contribution in [2.45, 2.75) is 24.6 Å². The number of nitrogens with zero attached hydrogens (tertiary/aromatic N) is 3. The molecule has 0 saturated carbocycles. The van der Waals surface area contributed by atoms with Gasteiger partial charge in [-0.25, -0.2) is 14.9 Å². The van der Waals surface area contributed by atoms with Crippen LogP contribution in [0.25, 0.3) is 0 Å². The summed E-state index contributed by atoms with van der Waals surface area (Å²) in [5.74, 6) is 0.342. The van der Waals surface area contributed by atoms with E-state index >= 15 is 0 Å². The lowest BCUT2D eigenvalue weighted by molar-refractivity contribution is -0.124. The molecule has 0 bridgehead atoms. The first-order valence-electron chi connectivity index (χ1n) is 11.2. The van der Waals surface area contributed by atoms with Crippen molar-refractivity contribution in [3.05, 3.63) is 102 Å². The first kappa shape index (κ1) is 22.1. The summed E-state index contributed by atoms with van der Waals surface area (Å²) in [6.45, 7) is 2.38. The van der Waals surface area contributed by atoms with Crippen molar-refractivity contribution in [1.82, 2.24) is 10.2 Å². The number of amidine groups is 2. The zero-order chi connectivity index (χ0) is 23.5. The lowest BCUT2D eigenvalue weighted by atomic mass is 10.1. The van der Waals surface area contributed by atoms with Gasteiger partial charge in [0, 0.05) is 12.1 Å². The number of carbonyl (C=O) groups excluding carboxylic acids is 2. The van der Waals surface area contributed by atoms with Crippen LogP contribution in [0.3, 0.4) is 0 Å². The third kappa shape index (κ3) is 4.39. The molecule has 0 unspecified atom stereocenters. The Kier molecular flexibility index (Phi) is 6.27. The minimum absolute atomic E-state index is 0.0905. The molecule has 0 fully saturated rings. The highest BCUT2D eigenvalue weighted by atomic mass is 32.2. The number of fused-ring (bicyclic) bond motifs is 3. The number of amides is 2. The topological polar surface area (TPSA) is 74.1 Å². The lowest BCUT2D eigenvalue weighted by Crippen LogP contribution is -2.42. The van der Waals surface area contributed by atoms with E-state index in [1.165, 1.54) is 17.3 Å². The van der Waals surface area contributed by atoms with Crippen LogP contribution in [0.4, 0.5) is 5.69 Å². The third-order valence-corrected chi connectivity index (χ3v) is 6.84. The Morgan fingerprint density at radius 1 is 1.00 bits per heavy atom. The van der Waals surface area contributed by atoms with E-state index in [0.29, 0.717) is 17.5 Å². The lowest BCUT2D eigenvalue weighted by Gasteiger charge is -2.26. The molecule has 2 amide bonds. The average Bonchev–Trinajstić information content (AvgIpc) is 3.23. The predicted molar refractivity (Wildman–Crippen MR) is 136 cm³/mol. The van der Waals surface area contributed by atoms with Crippen LogP contribution < -0.4 is 5.32 Å².